The summed E-state index contributed by atoms with van der Waals surface area (Å²) in [6.45, 7) is 3.95. The van der Waals surface area contributed by atoms with E-state index >= 15 is 0 Å². The lowest BCUT2D eigenvalue weighted by Gasteiger charge is -2.39. The number of rotatable bonds is 4. The Labute approximate surface area is 128 Å². The molecule has 5 nitrogen and oxygen atoms in total. The van der Waals surface area contributed by atoms with Gasteiger partial charge in [0.1, 0.15) is 12.7 Å². The average molecular weight is 304 g/mol. The average Bonchev–Trinajstić information content (AvgIpc) is 3.22. The van der Waals surface area contributed by atoms with Crippen LogP contribution in [-0.4, -0.2) is 45.0 Å². The summed E-state index contributed by atoms with van der Waals surface area (Å²) in [7, 11) is 0. The maximum Gasteiger partial charge on any atom is 0.119 e. The van der Waals surface area contributed by atoms with Gasteiger partial charge < -0.3 is 9.30 Å². The third-order valence-corrected chi connectivity index (χ3v) is 5.55. The first-order valence-corrected chi connectivity index (χ1v) is 8.48. The van der Waals surface area contributed by atoms with E-state index in [1.165, 1.54) is 17.7 Å². The number of ether oxygens (including phenoxy) is 1. The van der Waals surface area contributed by atoms with Crippen molar-refractivity contribution in [3.8, 4) is 0 Å². The first-order chi connectivity index (χ1) is 10.4. The van der Waals surface area contributed by atoms with Gasteiger partial charge in [-0.25, -0.2) is 0 Å². The number of nitrogens with zero attached hydrogens (tertiary/aromatic N) is 4. The van der Waals surface area contributed by atoms with Gasteiger partial charge in [0.05, 0.1) is 12.7 Å². The number of morpholine rings is 1. The second kappa shape index (κ2) is 5.87. The molecule has 0 aromatic carbocycles. The molecule has 112 valence electrons. The van der Waals surface area contributed by atoms with Crippen molar-refractivity contribution in [2.24, 2.45) is 5.92 Å². The summed E-state index contributed by atoms with van der Waals surface area (Å²) in [6.07, 6.45) is 6.44. The van der Waals surface area contributed by atoms with Gasteiger partial charge in [0, 0.05) is 36.5 Å². The second-order valence-corrected chi connectivity index (χ2v) is 6.98. The minimum atomic E-state index is 0.362. The second-order valence-electron chi connectivity index (χ2n) is 5.95. The normalized spacial score (nSPS) is 29.6. The molecular formula is C15H20N4OS. The van der Waals surface area contributed by atoms with Crippen molar-refractivity contribution in [2.75, 3.05) is 13.2 Å². The van der Waals surface area contributed by atoms with Crippen molar-refractivity contribution in [1.29, 1.82) is 0 Å². The number of fused-ring (bicyclic) bond motifs is 1. The molecule has 4 rings (SSSR count). The van der Waals surface area contributed by atoms with Crippen molar-refractivity contribution in [2.45, 2.75) is 38.1 Å². The van der Waals surface area contributed by atoms with Crippen LogP contribution >= 0.6 is 11.3 Å². The third kappa shape index (κ3) is 2.75. The Hall–Kier alpha value is -1.24. The van der Waals surface area contributed by atoms with Crippen LogP contribution in [0.1, 0.15) is 17.7 Å². The zero-order chi connectivity index (χ0) is 14.1. The molecular weight excluding hydrogens is 284 g/mol. The van der Waals surface area contributed by atoms with Crippen LogP contribution in [0.4, 0.5) is 0 Å². The fourth-order valence-corrected chi connectivity index (χ4v) is 4.45. The van der Waals surface area contributed by atoms with E-state index in [0.29, 0.717) is 18.1 Å². The highest BCUT2D eigenvalue weighted by atomic mass is 32.1. The predicted octanol–water partition coefficient (Wildman–Crippen LogP) is 2.02. The van der Waals surface area contributed by atoms with E-state index in [-0.39, 0.29) is 0 Å². The third-order valence-electron chi connectivity index (χ3n) is 4.69. The monoisotopic (exact) mass is 304 g/mol. The molecule has 1 aliphatic carbocycles. The Balaban J connectivity index is 1.44. The van der Waals surface area contributed by atoms with E-state index in [1.54, 1.807) is 12.7 Å². The van der Waals surface area contributed by atoms with Crippen LogP contribution in [-0.2, 0) is 17.8 Å². The van der Waals surface area contributed by atoms with Gasteiger partial charge in [-0.3, -0.25) is 4.90 Å². The Morgan fingerprint density at radius 3 is 3.00 bits per heavy atom. The van der Waals surface area contributed by atoms with E-state index in [0.717, 1.165) is 26.2 Å². The van der Waals surface area contributed by atoms with Crippen LogP contribution in [0.2, 0.25) is 0 Å². The summed E-state index contributed by atoms with van der Waals surface area (Å²) in [4.78, 5) is 4.07. The summed E-state index contributed by atoms with van der Waals surface area (Å²) in [5.74, 6) is 0.581. The molecule has 0 amide bonds. The van der Waals surface area contributed by atoms with Gasteiger partial charge in [-0.1, -0.05) is 6.07 Å². The highest BCUT2D eigenvalue weighted by molar-refractivity contribution is 7.09. The van der Waals surface area contributed by atoms with Gasteiger partial charge in [-0.15, -0.1) is 21.5 Å². The molecule has 0 radical (unpaired) electrons. The largest absolute Gasteiger partial charge is 0.375 e. The number of hydrogen-bond donors (Lipinski definition) is 0. The fourth-order valence-electron chi connectivity index (χ4n) is 3.72. The number of thiophene rings is 1. The van der Waals surface area contributed by atoms with Gasteiger partial charge in [-0.05, 0) is 24.3 Å². The predicted molar refractivity (Wildman–Crippen MR) is 81.0 cm³/mol. The zero-order valence-corrected chi connectivity index (χ0v) is 12.8. The Kier molecular flexibility index (Phi) is 3.75. The van der Waals surface area contributed by atoms with E-state index in [2.05, 4.69) is 37.2 Å². The molecule has 0 spiro atoms. The molecule has 3 heterocycles. The Bertz CT molecular complexity index is 556. The van der Waals surface area contributed by atoms with Crippen LogP contribution in [0.5, 0.6) is 0 Å². The van der Waals surface area contributed by atoms with Gasteiger partial charge in [0.2, 0.25) is 0 Å². The zero-order valence-electron chi connectivity index (χ0n) is 12.0. The lowest BCUT2D eigenvalue weighted by atomic mass is 10.0. The summed E-state index contributed by atoms with van der Waals surface area (Å²) >= 11 is 1.85. The van der Waals surface area contributed by atoms with E-state index in [9.17, 15) is 0 Å². The standard InChI is InChI=1S/C15H20N4OS/c1-2-13(21-7-1)9-19-5-6-20-15-12(3-4-14(15)19)8-18-10-16-17-11-18/h1-2,7,10-12,14-15H,3-6,8-9H2/t12-,14+,15+/m0/s1. The molecule has 2 fully saturated rings. The van der Waals surface area contributed by atoms with Gasteiger partial charge in [0.25, 0.3) is 0 Å². The van der Waals surface area contributed by atoms with Gasteiger partial charge >= 0.3 is 0 Å². The van der Waals surface area contributed by atoms with Crippen molar-refractivity contribution in [3.05, 3.63) is 35.0 Å². The molecule has 2 aromatic rings. The van der Waals surface area contributed by atoms with Crippen LogP contribution in [0.15, 0.2) is 30.2 Å². The fraction of sp³-hybridized carbons (Fsp3) is 0.600. The Morgan fingerprint density at radius 2 is 2.19 bits per heavy atom. The summed E-state index contributed by atoms with van der Waals surface area (Å²) in [5.41, 5.74) is 0. The van der Waals surface area contributed by atoms with Gasteiger partial charge in [0.15, 0.2) is 0 Å². The SMILES string of the molecule is c1csc(CN2CCO[C@@H]3[C@H](Cn4cnnc4)CC[C@H]32)c1. The maximum absolute atomic E-state index is 6.12. The molecule has 6 heteroatoms. The maximum atomic E-state index is 6.12. The minimum Gasteiger partial charge on any atom is -0.375 e. The highest BCUT2D eigenvalue weighted by Crippen LogP contribution is 2.36. The van der Waals surface area contributed by atoms with E-state index < -0.39 is 0 Å². The van der Waals surface area contributed by atoms with Crippen LogP contribution in [0.25, 0.3) is 0 Å². The molecule has 1 saturated heterocycles. The summed E-state index contributed by atoms with van der Waals surface area (Å²) < 4.78 is 8.20. The molecule has 3 atom stereocenters. The molecule has 1 aliphatic heterocycles. The van der Waals surface area contributed by atoms with Crippen molar-refractivity contribution in [1.82, 2.24) is 19.7 Å². The topological polar surface area (TPSA) is 43.2 Å². The minimum absolute atomic E-state index is 0.362. The number of hydrogen-bond acceptors (Lipinski definition) is 5. The summed E-state index contributed by atoms with van der Waals surface area (Å²) in [5, 5.41) is 9.96. The molecule has 2 aliphatic rings. The Morgan fingerprint density at radius 1 is 1.29 bits per heavy atom. The van der Waals surface area contributed by atoms with E-state index in [4.69, 9.17) is 4.74 Å². The quantitative estimate of drug-likeness (QED) is 0.867. The van der Waals surface area contributed by atoms with Crippen LogP contribution in [0, 0.1) is 5.92 Å². The molecule has 2 aromatic heterocycles. The first kappa shape index (κ1) is 13.4. The molecule has 0 bridgehead atoms. The van der Waals surface area contributed by atoms with Crippen LogP contribution < -0.4 is 0 Å². The lowest BCUT2D eigenvalue weighted by molar-refractivity contribution is -0.0783. The molecule has 0 N–H and O–H groups in total. The highest BCUT2D eigenvalue weighted by Gasteiger charge is 2.42. The van der Waals surface area contributed by atoms with E-state index in [1.807, 2.05) is 11.3 Å². The molecule has 21 heavy (non-hydrogen) atoms. The van der Waals surface area contributed by atoms with Crippen LogP contribution in [0.3, 0.4) is 0 Å². The smallest absolute Gasteiger partial charge is 0.119 e. The van der Waals surface area contributed by atoms with Crippen molar-refractivity contribution < 1.29 is 4.74 Å². The van der Waals surface area contributed by atoms with Crippen molar-refractivity contribution >= 4 is 11.3 Å². The van der Waals surface area contributed by atoms with Crippen molar-refractivity contribution in [3.63, 3.8) is 0 Å². The van der Waals surface area contributed by atoms with Gasteiger partial charge in [-0.2, -0.15) is 0 Å². The molecule has 1 saturated carbocycles. The lowest BCUT2D eigenvalue weighted by Crippen LogP contribution is -2.50. The first-order valence-electron chi connectivity index (χ1n) is 7.60. The molecule has 0 unspecified atom stereocenters. The number of aromatic nitrogens is 3. The summed E-state index contributed by atoms with van der Waals surface area (Å²) in [6, 6.07) is 4.95.